The van der Waals surface area contributed by atoms with Gasteiger partial charge in [-0.15, -0.1) is 0 Å². The number of hydrogen-bond acceptors (Lipinski definition) is 7. The van der Waals surface area contributed by atoms with Gasteiger partial charge in [0.1, 0.15) is 12.7 Å². The lowest BCUT2D eigenvalue weighted by Crippen LogP contribution is -2.48. The van der Waals surface area contributed by atoms with Gasteiger partial charge in [0.05, 0.1) is 12.6 Å². The van der Waals surface area contributed by atoms with Crippen molar-refractivity contribution in [3.63, 3.8) is 0 Å². The number of halogens is 6. The fourth-order valence-corrected chi connectivity index (χ4v) is 4.51. The third kappa shape index (κ3) is 9.81. The number of likely N-dealkylation sites (tertiary alicyclic amines) is 2. The fraction of sp³-hybridized carbons (Fsp3) is 0.545. The predicted molar refractivity (Wildman–Crippen MR) is 120 cm³/mol. The summed E-state index contributed by atoms with van der Waals surface area (Å²) in [6.07, 6.45) is -1.10. The molecule has 216 valence electrons. The molecule has 2 N–H and O–H groups in total. The number of rotatable bonds is 4. The molecule has 4 rings (SSSR count). The Balaban J connectivity index is 0.000000317. The number of piperidine rings is 1. The Morgan fingerprint density at radius 2 is 1.56 bits per heavy atom. The minimum absolute atomic E-state index is 0.181. The summed E-state index contributed by atoms with van der Waals surface area (Å²) in [5.74, 6) is -4.80. The molecule has 1 amide bonds. The molecule has 2 aliphatic heterocycles. The highest BCUT2D eigenvalue weighted by atomic mass is 19.4. The smallest absolute Gasteiger partial charge is 0.475 e. The Kier molecular flexibility index (Phi) is 10.8. The normalized spacial score (nSPS) is 21.1. The van der Waals surface area contributed by atoms with Gasteiger partial charge in [-0.3, -0.25) is 19.4 Å². The number of nitrogens with zero attached hydrogens (tertiary/aromatic N) is 6. The average molecular weight is 568 g/mol. The van der Waals surface area contributed by atoms with E-state index in [-0.39, 0.29) is 11.9 Å². The summed E-state index contributed by atoms with van der Waals surface area (Å²) < 4.78 is 65.3. The van der Waals surface area contributed by atoms with Gasteiger partial charge in [0, 0.05) is 45.0 Å². The molecule has 2 saturated heterocycles. The molecule has 0 aliphatic carbocycles. The zero-order valence-corrected chi connectivity index (χ0v) is 20.5. The lowest BCUT2D eigenvalue weighted by atomic mass is 9.92. The van der Waals surface area contributed by atoms with E-state index in [0.717, 1.165) is 39.0 Å². The van der Waals surface area contributed by atoms with Crippen molar-refractivity contribution < 1.29 is 50.9 Å². The summed E-state index contributed by atoms with van der Waals surface area (Å²) in [6.45, 7) is 5.46. The topological polar surface area (TPSA) is 142 Å². The lowest BCUT2D eigenvalue weighted by Gasteiger charge is -2.38. The Morgan fingerprint density at radius 1 is 1.00 bits per heavy atom. The van der Waals surface area contributed by atoms with Crippen molar-refractivity contribution in [3.05, 3.63) is 42.7 Å². The number of carboxylic acids is 2. The zero-order valence-electron chi connectivity index (χ0n) is 20.5. The second-order valence-corrected chi connectivity index (χ2v) is 8.75. The van der Waals surface area contributed by atoms with Crippen LogP contribution in [0.4, 0.5) is 26.3 Å². The number of fused-ring (bicyclic) bond motifs is 1. The van der Waals surface area contributed by atoms with Crippen LogP contribution in [0, 0.1) is 5.92 Å². The highest BCUT2D eigenvalue weighted by molar-refractivity contribution is 5.74. The van der Waals surface area contributed by atoms with Crippen LogP contribution >= 0.6 is 0 Å². The van der Waals surface area contributed by atoms with Crippen molar-refractivity contribution in [2.75, 3.05) is 13.1 Å². The maximum Gasteiger partial charge on any atom is 0.490 e. The van der Waals surface area contributed by atoms with E-state index < -0.39 is 24.3 Å². The third-order valence-electron chi connectivity index (χ3n) is 5.97. The molecule has 17 heteroatoms. The molecule has 2 aromatic heterocycles. The van der Waals surface area contributed by atoms with E-state index in [0.29, 0.717) is 12.0 Å². The molecule has 3 atom stereocenters. The third-order valence-corrected chi connectivity index (χ3v) is 5.97. The van der Waals surface area contributed by atoms with Crippen LogP contribution in [-0.2, 0) is 27.5 Å². The summed E-state index contributed by atoms with van der Waals surface area (Å²) in [6, 6.07) is 4.74. The second-order valence-electron chi connectivity index (χ2n) is 8.75. The minimum Gasteiger partial charge on any atom is -0.475 e. The predicted octanol–water partition coefficient (Wildman–Crippen LogP) is 2.45. The Labute approximate surface area is 218 Å². The summed E-state index contributed by atoms with van der Waals surface area (Å²) in [5, 5.41) is 18.5. The van der Waals surface area contributed by atoms with Gasteiger partial charge in [-0.2, -0.15) is 31.4 Å². The summed E-state index contributed by atoms with van der Waals surface area (Å²) in [7, 11) is 0. The van der Waals surface area contributed by atoms with Gasteiger partial charge in [-0.25, -0.2) is 14.6 Å². The van der Waals surface area contributed by atoms with Crippen LogP contribution in [0.5, 0.6) is 0 Å². The van der Waals surface area contributed by atoms with Gasteiger partial charge in [-0.05, 0) is 36.5 Å². The molecule has 4 heterocycles. The molecule has 0 aromatic carbocycles. The number of pyridine rings is 1. The summed E-state index contributed by atoms with van der Waals surface area (Å²) >= 11 is 0. The van der Waals surface area contributed by atoms with E-state index in [2.05, 4.69) is 37.0 Å². The average Bonchev–Trinajstić information content (AvgIpc) is 3.46. The maximum absolute atomic E-state index is 12.3. The molecule has 0 bridgehead atoms. The van der Waals surface area contributed by atoms with Crippen molar-refractivity contribution >= 4 is 17.8 Å². The van der Waals surface area contributed by atoms with E-state index in [1.54, 1.807) is 19.6 Å². The van der Waals surface area contributed by atoms with E-state index in [1.807, 2.05) is 17.1 Å². The summed E-state index contributed by atoms with van der Waals surface area (Å²) in [5.41, 5.74) is 1.30. The van der Waals surface area contributed by atoms with Crippen LogP contribution in [0.3, 0.4) is 0 Å². The van der Waals surface area contributed by atoms with E-state index in [4.69, 9.17) is 19.8 Å². The molecule has 0 spiro atoms. The molecule has 2 aliphatic rings. The highest BCUT2D eigenvalue weighted by Crippen LogP contribution is 2.36. The van der Waals surface area contributed by atoms with E-state index in [1.165, 1.54) is 5.56 Å². The van der Waals surface area contributed by atoms with Crippen LogP contribution in [0.15, 0.2) is 37.2 Å². The number of aliphatic carboxylic acids is 2. The first-order chi connectivity index (χ1) is 18.1. The van der Waals surface area contributed by atoms with Gasteiger partial charge < -0.3 is 15.1 Å². The van der Waals surface area contributed by atoms with Crippen LogP contribution in [0.1, 0.15) is 25.3 Å². The second kappa shape index (κ2) is 13.3. The van der Waals surface area contributed by atoms with Crippen molar-refractivity contribution in [2.24, 2.45) is 5.92 Å². The minimum atomic E-state index is -5.08. The van der Waals surface area contributed by atoms with Crippen molar-refractivity contribution in [3.8, 4) is 0 Å². The Bertz CT molecular complexity index is 1060. The first-order valence-corrected chi connectivity index (χ1v) is 11.4. The molecule has 2 fully saturated rings. The molecule has 0 saturated carbocycles. The Hall–Kier alpha value is -3.76. The van der Waals surface area contributed by atoms with Gasteiger partial charge in [-0.1, -0.05) is 0 Å². The van der Waals surface area contributed by atoms with Gasteiger partial charge in [0.15, 0.2) is 0 Å². The van der Waals surface area contributed by atoms with Crippen molar-refractivity contribution in [1.29, 1.82) is 0 Å². The molecular formula is C22H26F6N6O5. The standard InChI is InChI=1S/C18H24N6O.2C2HF3O2/c1-14(25)24-17(11-23-13-20-12-21-23)8-16-10-22(7-4-18(16)24)9-15-2-5-19-6-3-15;2*3-2(4,5)1(6)7/h2-3,5-6,12-13,16-18H,4,7-11H2,1H3;2*(H,6,7)/t16-,17+,18+;;/m1../s1. The molecular weight excluding hydrogens is 542 g/mol. The number of carboxylic acid groups (broad SMARTS) is 2. The van der Waals surface area contributed by atoms with E-state index in [9.17, 15) is 31.1 Å². The first kappa shape index (κ1) is 31.5. The van der Waals surface area contributed by atoms with Gasteiger partial charge in [0.25, 0.3) is 0 Å². The highest BCUT2D eigenvalue weighted by Gasteiger charge is 2.45. The SMILES string of the molecule is CC(=O)N1[C@H](Cn2cncn2)C[C@@H]2CN(Cc3ccncc3)CC[C@@H]21.O=C(O)C(F)(F)F.O=C(O)C(F)(F)F. The molecule has 0 unspecified atom stereocenters. The monoisotopic (exact) mass is 568 g/mol. The van der Waals surface area contributed by atoms with Crippen molar-refractivity contribution in [1.82, 2.24) is 29.5 Å². The van der Waals surface area contributed by atoms with Crippen LogP contribution in [-0.4, -0.2) is 95.1 Å². The lowest BCUT2D eigenvalue weighted by molar-refractivity contribution is -0.193. The Morgan fingerprint density at radius 3 is 2.03 bits per heavy atom. The van der Waals surface area contributed by atoms with Crippen LogP contribution in [0.25, 0.3) is 0 Å². The molecule has 39 heavy (non-hydrogen) atoms. The number of alkyl halides is 6. The quantitative estimate of drug-likeness (QED) is 0.532. The molecule has 11 nitrogen and oxygen atoms in total. The molecule has 0 radical (unpaired) electrons. The molecule has 2 aromatic rings. The largest absolute Gasteiger partial charge is 0.490 e. The van der Waals surface area contributed by atoms with Gasteiger partial charge in [0.2, 0.25) is 5.91 Å². The van der Waals surface area contributed by atoms with Gasteiger partial charge >= 0.3 is 24.3 Å². The van der Waals surface area contributed by atoms with E-state index >= 15 is 0 Å². The first-order valence-electron chi connectivity index (χ1n) is 11.4. The maximum atomic E-state index is 12.3. The fourth-order valence-electron chi connectivity index (χ4n) is 4.51. The number of aromatic nitrogens is 4. The number of amides is 1. The van der Waals surface area contributed by atoms with Crippen LogP contribution in [0.2, 0.25) is 0 Å². The van der Waals surface area contributed by atoms with Crippen LogP contribution < -0.4 is 0 Å². The number of hydrogen-bond donors (Lipinski definition) is 2. The zero-order chi connectivity index (χ0) is 29.4. The number of carbonyl (C=O) groups is 3. The number of carbonyl (C=O) groups excluding carboxylic acids is 1. The van der Waals surface area contributed by atoms with Crippen molar-refractivity contribution in [2.45, 2.75) is 57.3 Å². The summed E-state index contributed by atoms with van der Waals surface area (Å²) in [4.78, 5) is 42.8.